The van der Waals surface area contributed by atoms with Crippen molar-refractivity contribution >= 4 is 15.9 Å². The highest BCUT2D eigenvalue weighted by Gasteiger charge is 2.20. The van der Waals surface area contributed by atoms with E-state index in [4.69, 9.17) is 4.98 Å². The Labute approximate surface area is 128 Å². The van der Waals surface area contributed by atoms with E-state index in [1.165, 1.54) is 18.4 Å². The lowest BCUT2D eigenvalue weighted by atomic mass is 10.1. The van der Waals surface area contributed by atoms with Gasteiger partial charge in [0.2, 0.25) is 0 Å². The molecule has 0 radical (unpaired) electrons. The van der Waals surface area contributed by atoms with Gasteiger partial charge in [-0.25, -0.2) is 9.97 Å². The summed E-state index contributed by atoms with van der Waals surface area (Å²) in [6.45, 7) is 4.90. The largest absolute Gasteiger partial charge is 0.307 e. The maximum Gasteiger partial charge on any atom is 0.143 e. The number of hydrogen-bond acceptors (Lipinski definition) is 3. The molecule has 0 aliphatic heterocycles. The molecule has 104 valence electrons. The van der Waals surface area contributed by atoms with Gasteiger partial charge in [-0.3, -0.25) is 0 Å². The van der Waals surface area contributed by atoms with Gasteiger partial charge in [0.15, 0.2) is 0 Å². The topological polar surface area (TPSA) is 37.8 Å². The first-order valence-electron chi connectivity index (χ1n) is 6.96. The van der Waals surface area contributed by atoms with E-state index in [1.54, 1.807) is 0 Å². The maximum atomic E-state index is 4.71. The van der Waals surface area contributed by atoms with Crippen molar-refractivity contribution in [3.8, 4) is 11.3 Å². The van der Waals surface area contributed by atoms with E-state index < -0.39 is 0 Å². The van der Waals surface area contributed by atoms with Crippen LogP contribution in [0.15, 0.2) is 28.7 Å². The molecule has 1 heterocycles. The van der Waals surface area contributed by atoms with Gasteiger partial charge in [-0.1, -0.05) is 22.0 Å². The Morgan fingerprint density at radius 1 is 1.20 bits per heavy atom. The fourth-order valence-corrected chi connectivity index (χ4v) is 2.60. The number of hydrogen-bond donors (Lipinski definition) is 1. The molecule has 3 rings (SSSR count). The second-order valence-electron chi connectivity index (χ2n) is 5.43. The third-order valence-corrected chi connectivity index (χ3v) is 4.00. The van der Waals surface area contributed by atoms with Crippen LogP contribution in [0.2, 0.25) is 0 Å². The van der Waals surface area contributed by atoms with Crippen molar-refractivity contribution in [3.63, 3.8) is 0 Å². The number of aromatic nitrogens is 2. The summed E-state index contributed by atoms with van der Waals surface area (Å²) in [5.41, 5.74) is 4.41. The summed E-state index contributed by atoms with van der Waals surface area (Å²) in [6.07, 6.45) is 2.56. The van der Waals surface area contributed by atoms with Crippen LogP contribution in [0, 0.1) is 13.8 Å². The first kappa shape index (κ1) is 13.7. The van der Waals surface area contributed by atoms with Crippen LogP contribution in [0.3, 0.4) is 0 Å². The van der Waals surface area contributed by atoms with E-state index in [0.29, 0.717) is 6.04 Å². The van der Waals surface area contributed by atoms with Crippen LogP contribution in [-0.2, 0) is 6.54 Å². The molecule has 1 aliphatic rings. The van der Waals surface area contributed by atoms with Gasteiger partial charge in [-0.05, 0) is 50.5 Å². The molecular formula is C16H18BrN3. The molecule has 1 N–H and O–H groups in total. The van der Waals surface area contributed by atoms with E-state index in [0.717, 1.165) is 33.8 Å². The predicted molar refractivity (Wildman–Crippen MR) is 84.5 cm³/mol. The molecule has 0 spiro atoms. The molecule has 2 aromatic rings. The van der Waals surface area contributed by atoms with Crippen molar-refractivity contribution < 1.29 is 0 Å². The van der Waals surface area contributed by atoms with E-state index in [1.807, 2.05) is 6.92 Å². The minimum Gasteiger partial charge on any atom is -0.307 e. The maximum absolute atomic E-state index is 4.71. The third kappa shape index (κ3) is 3.25. The third-order valence-electron chi connectivity index (χ3n) is 3.50. The number of benzene rings is 1. The quantitative estimate of drug-likeness (QED) is 0.926. The Kier molecular flexibility index (Phi) is 3.85. The predicted octanol–water partition coefficient (Wildman–Crippen LogP) is 3.77. The molecule has 1 aliphatic carbocycles. The zero-order valence-electron chi connectivity index (χ0n) is 11.8. The minimum absolute atomic E-state index is 0.676. The lowest BCUT2D eigenvalue weighted by Gasteiger charge is -2.09. The van der Waals surface area contributed by atoms with Crippen molar-refractivity contribution in [1.82, 2.24) is 15.3 Å². The number of nitrogens with one attached hydrogen (secondary N) is 1. The number of nitrogens with zero attached hydrogens (tertiary/aromatic N) is 2. The molecule has 1 aromatic heterocycles. The van der Waals surface area contributed by atoms with Gasteiger partial charge < -0.3 is 5.32 Å². The Morgan fingerprint density at radius 3 is 2.75 bits per heavy atom. The zero-order chi connectivity index (χ0) is 14.1. The van der Waals surface area contributed by atoms with Crippen molar-refractivity contribution in [2.75, 3.05) is 0 Å². The molecule has 1 fully saturated rings. The molecular weight excluding hydrogens is 314 g/mol. The first-order valence-corrected chi connectivity index (χ1v) is 7.75. The average Bonchev–Trinajstić information content (AvgIpc) is 3.23. The average molecular weight is 332 g/mol. The van der Waals surface area contributed by atoms with Crippen molar-refractivity contribution in [2.24, 2.45) is 0 Å². The van der Waals surface area contributed by atoms with Gasteiger partial charge in [-0.15, -0.1) is 0 Å². The molecule has 0 saturated heterocycles. The Balaban J connectivity index is 1.93. The van der Waals surface area contributed by atoms with Crippen LogP contribution >= 0.6 is 15.9 Å². The highest BCUT2D eigenvalue weighted by Crippen LogP contribution is 2.26. The molecule has 0 atom stereocenters. The monoisotopic (exact) mass is 331 g/mol. The SMILES string of the molecule is Cc1cc(-c2cc(Br)ccc2C)nc(CNC2CC2)n1. The highest BCUT2D eigenvalue weighted by atomic mass is 79.9. The lowest BCUT2D eigenvalue weighted by molar-refractivity contribution is 0.656. The standard InChI is InChI=1S/C16H18BrN3/c1-10-3-4-12(17)8-14(10)15-7-11(2)19-16(20-15)9-18-13-5-6-13/h3-4,7-8,13,18H,5-6,9H2,1-2H3. The van der Waals surface area contributed by atoms with E-state index in [9.17, 15) is 0 Å². The summed E-state index contributed by atoms with van der Waals surface area (Å²) in [6, 6.07) is 9.02. The summed E-state index contributed by atoms with van der Waals surface area (Å²) in [5, 5.41) is 3.47. The van der Waals surface area contributed by atoms with Crippen LogP contribution < -0.4 is 5.32 Å². The normalized spacial score (nSPS) is 14.6. The van der Waals surface area contributed by atoms with Gasteiger partial charge in [-0.2, -0.15) is 0 Å². The Bertz CT molecular complexity index is 636. The van der Waals surface area contributed by atoms with Crippen molar-refractivity contribution in [2.45, 2.75) is 39.3 Å². The second kappa shape index (κ2) is 5.62. The van der Waals surface area contributed by atoms with Gasteiger partial charge in [0.25, 0.3) is 0 Å². The smallest absolute Gasteiger partial charge is 0.143 e. The number of aryl methyl sites for hydroxylation is 2. The van der Waals surface area contributed by atoms with E-state index in [-0.39, 0.29) is 0 Å². The van der Waals surface area contributed by atoms with Crippen molar-refractivity contribution in [1.29, 1.82) is 0 Å². The summed E-state index contributed by atoms with van der Waals surface area (Å²) in [5.74, 6) is 0.881. The van der Waals surface area contributed by atoms with Crippen LogP contribution in [0.1, 0.15) is 29.9 Å². The van der Waals surface area contributed by atoms with E-state index in [2.05, 4.69) is 57.4 Å². The molecule has 20 heavy (non-hydrogen) atoms. The fraction of sp³-hybridized carbons (Fsp3) is 0.375. The fourth-order valence-electron chi connectivity index (χ4n) is 2.24. The molecule has 1 aromatic carbocycles. The molecule has 4 heteroatoms. The van der Waals surface area contributed by atoms with Crippen LogP contribution in [0.5, 0.6) is 0 Å². The zero-order valence-corrected chi connectivity index (χ0v) is 13.4. The molecule has 0 bridgehead atoms. The summed E-state index contributed by atoms with van der Waals surface area (Å²) >= 11 is 3.53. The van der Waals surface area contributed by atoms with Crippen LogP contribution in [-0.4, -0.2) is 16.0 Å². The number of rotatable bonds is 4. The van der Waals surface area contributed by atoms with Gasteiger partial charge in [0.1, 0.15) is 5.82 Å². The summed E-state index contributed by atoms with van der Waals surface area (Å²) < 4.78 is 1.08. The van der Waals surface area contributed by atoms with Gasteiger partial charge in [0.05, 0.1) is 12.2 Å². The molecule has 0 amide bonds. The van der Waals surface area contributed by atoms with E-state index >= 15 is 0 Å². The Hall–Kier alpha value is -1.26. The Morgan fingerprint density at radius 2 is 2.00 bits per heavy atom. The molecule has 1 saturated carbocycles. The van der Waals surface area contributed by atoms with Gasteiger partial charge >= 0.3 is 0 Å². The highest BCUT2D eigenvalue weighted by molar-refractivity contribution is 9.10. The van der Waals surface area contributed by atoms with Crippen molar-refractivity contribution in [3.05, 3.63) is 45.8 Å². The molecule has 3 nitrogen and oxygen atoms in total. The summed E-state index contributed by atoms with van der Waals surface area (Å²) in [7, 11) is 0. The minimum atomic E-state index is 0.676. The lowest BCUT2D eigenvalue weighted by Crippen LogP contribution is -2.17. The van der Waals surface area contributed by atoms with Crippen LogP contribution in [0.25, 0.3) is 11.3 Å². The number of halogens is 1. The second-order valence-corrected chi connectivity index (χ2v) is 6.34. The van der Waals surface area contributed by atoms with Crippen LogP contribution in [0.4, 0.5) is 0 Å². The first-order chi connectivity index (χ1) is 9.61. The molecule has 0 unspecified atom stereocenters. The summed E-state index contributed by atoms with van der Waals surface area (Å²) in [4.78, 5) is 9.24. The van der Waals surface area contributed by atoms with Gasteiger partial charge in [0, 0.05) is 21.8 Å².